The monoisotopic (exact) mass is 263 g/mol. The van der Waals surface area contributed by atoms with Crippen molar-refractivity contribution in [2.24, 2.45) is 0 Å². The predicted molar refractivity (Wildman–Crippen MR) is 73.4 cm³/mol. The first-order chi connectivity index (χ1) is 8.70. The highest BCUT2D eigenvalue weighted by Gasteiger charge is 2.12. The van der Waals surface area contributed by atoms with Gasteiger partial charge in [-0.15, -0.1) is 0 Å². The maximum Gasteiger partial charge on any atom is 0.126 e. The molecular formula is C15H15ClFN. The SMILES string of the molecule is CNC(Cc1cc(Cl)ccc1F)c1ccccc1. The standard InChI is InChI=1S/C15H15ClFN/c1-18-15(11-5-3-2-4-6-11)10-12-9-13(16)7-8-14(12)17/h2-9,15,18H,10H2,1H3. The van der Waals surface area contributed by atoms with Crippen LogP contribution in [-0.2, 0) is 6.42 Å². The van der Waals surface area contributed by atoms with Crippen molar-refractivity contribution in [3.8, 4) is 0 Å². The van der Waals surface area contributed by atoms with Gasteiger partial charge in [0.2, 0.25) is 0 Å². The Labute approximate surface area is 112 Å². The van der Waals surface area contributed by atoms with E-state index in [1.54, 1.807) is 12.1 Å². The molecule has 94 valence electrons. The number of benzene rings is 2. The summed E-state index contributed by atoms with van der Waals surface area (Å²) in [5, 5.41) is 3.77. The highest BCUT2D eigenvalue weighted by Crippen LogP contribution is 2.22. The van der Waals surface area contributed by atoms with Crippen LogP contribution in [0.15, 0.2) is 48.5 Å². The molecule has 0 spiro atoms. The molecule has 2 aromatic carbocycles. The number of likely N-dealkylation sites (N-methyl/N-ethyl adjacent to an activating group) is 1. The molecular weight excluding hydrogens is 249 g/mol. The maximum atomic E-state index is 13.7. The van der Waals surface area contributed by atoms with Gasteiger partial charge in [-0.2, -0.15) is 0 Å². The second kappa shape index (κ2) is 5.98. The average Bonchev–Trinajstić information content (AvgIpc) is 2.41. The molecule has 0 amide bonds. The summed E-state index contributed by atoms with van der Waals surface area (Å²) in [7, 11) is 1.88. The van der Waals surface area contributed by atoms with Gasteiger partial charge in [0.05, 0.1) is 0 Å². The molecule has 0 heterocycles. The second-order valence-electron chi connectivity index (χ2n) is 4.19. The van der Waals surface area contributed by atoms with Crippen molar-refractivity contribution in [2.45, 2.75) is 12.5 Å². The Morgan fingerprint density at radius 3 is 2.56 bits per heavy atom. The fraction of sp³-hybridized carbons (Fsp3) is 0.200. The highest BCUT2D eigenvalue weighted by molar-refractivity contribution is 6.30. The van der Waals surface area contributed by atoms with Gasteiger partial charge in [-0.25, -0.2) is 4.39 Å². The van der Waals surface area contributed by atoms with Gasteiger partial charge < -0.3 is 5.32 Å². The molecule has 1 nitrogen and oxygen atoms in total. The number of hydrogen-bond acceptors (Lipinski definition) is 1. The Kier molecular flexibility index (Phi) is 4.34. The summed E-state index contributed by atoms with van der Waals surface area (Å²) in [4.78, 5) is 0. The molecule has 0 aromatic heterocycles. The van der Waals surface area contributed by atoms with Crippen molar-refractivity contribution >= 4 is 11.6 Å². The maximum absolute atomic E-state index is 13.7. The molecule has 0 aliphatic heterocycles. The zero-order valence-electron chi connectivity index (χ0n) is 10.2. The van der Waals surface area contributed by atoms with E-state index in [0.29, 0.717) is 17.0 Å². The van der Waals surface area contributed by atoms with Crippen molar-refractivity contribution in [1.29, 1.82) is 0 Å². The number of nitrogens with one attached hydrogen (secondary N) is 1. The van der Waals surface area contributed by atoms with Crippen LogP contribution in [0, 0.1) is 5.82 Å². The molecule has 0 saturated heterocycles. The Hall–Kier alpha value is -1.38. The van der Waals surface area contributed by atoms with Crippen molar-refractivity contribution in [3.05, 3.63) is 70.5 Å². The van der Waals surface area contributed by atoms with Crippen LogP contribution in [0.4, 0.5) is 4.39 Å². The third-order valence-electron chi connectivity index (χ3n) is 2.98. The fourth-order valence-electron chi connectivity index (χ4n) is 1.99. The van der Waals surface area contributed by atoms with Crippen LogP contribution < -0.4 is 5.32 Å². The van der Waals surface area contributed by atoms with E-state index in [9.17, 15) is 4.39 Å². The predicted octanol–water partition coefficient (Wildman–Crippen LogP) is 3.98. The van der Waals surface area contributed by atoms with Crippen LogP contribution in [0.3, 0.4) is 0 Å². The molecule has 18 heavy (non-hydrogen) atoms. The second-order valence-corrected chi connectivity index (χ2v) is 4.63. The molecule has 1 N–H and O–H groups in total. The molecule has 0 aliphatic rings. The number of hydrogen-bond donors (Lipinski definition) is 1. The minimum Gasteiger partial charge on any atom is -0.313 e. The summed E-state index contributed by atoms with van der Waals surface area (Å²) in [5.41, 5.74) is 1.77. The van der Waals surface area contributed by atoms with Crippen LogP contribution in [0.2, 0.25) is 5.02 Å². The lowest BCUT2D eigenvalue weighted by Gasteiger charge is -2.17. The number of rotatable bonds is 4. The van der Waals surface area contributed by atoms with E-state index >= 15 is 0 Å². The minimum atomic E-state index is -0.212. The van der Waals surface area contributed by atoms with Gasteiger partial charge in [-0.1, -0.05) is 41.9 Å². The number of halogens is 2. The van der Waals surface area contributed by atoms with E-state index in [1.165, 1.54) is 6.07 Å². The summed E-state index contributed by atoms with van der Waals surface area (Å²) < 4.78 is 13.7. The first kappa shape index (κ1) is 13.1. The van der Waals surface area contributed by atoms with Crippen LogP contribution in [0.5, 0.6) is 0 Å². The molecule has 1 unspecified atom stereocenters. The normalized spacial score (nSPS) is 12.4. The van der Waals surface area contributed by atoms with Crippen LogP contribution in [0.1, 0.15) is 17.2 Å². The van der Waals surface area contributed by atoms with Crippen molar-refractivity contribution in [2.75, 3.05) is 7.05 Å². The first-order valence-electron chi connectivity index (χ1n) is 5.87. The first-order valence-corrected chi connectivity index (χ1v) is 6.24. The lowest BCUT2D eigenvalue weighted by Crippen LogP contribution is -2.19. The van der Waals surface area contributed by atoms with Crippen molar-refractivity contribution < 1.29 is 4.39 Å². The minimum absolute atomic E-state index is 0.0826. The third kappa shape index (κ3) is 3.09. The lowest BCUT2D eigenvalue weighted by atomic mass is 9.99. The summed E-state index contributed by atoms with van der Waals surface area (Å²) in [6, 6.07) is 14.7. The van der Waals surface area contributed by atoms with Gasteiger partial charge >= 0.3 is 0 Å². The van der Waals surface area contributed by atoms with Crippen molar-refractivity contribution in [3.63, 3.8) is 0 Å². The molecule has 0 fully saturated rings. The summed E-state index contributed by atoms with van der Waals surface area (Å²) >= 11 is 5.90. The molecule has 0 aliphatic carbocycles. The van der Waals surface area contributed by atoms with Gasteiger partial charge in [-0.3, -0.25) is 0 Å². The van der Waals surface area contributed by atoms with E-state index in [2.05, 4.69) is 5.32 Å². The van der Waals surface area contributed by atoms with E-state index in [4.69, 9.17) is 11.6 Å². The molecule has 1 atom stereocenters. The van der Waals surface area contributed by atoms with Gasteiger partial charge in [0.1, 0.15) is 5.82 Å². The quantitative estimate of drug-likeness (QED) is 0.880. The average molecular weight is 264 g/mol. The van der Waals surface area contributed by atoms with Gasteiger partial charge in [0.25, 0.3) is 0 Å². The van der Waals surface area contributed by atoms with Crippen LogP contribution >= 0.6 is 11.6 Å². The van der Waals surface area contributed by atoms with Gasteiger partial charge in [0, 0.05) is 11.1 Å². The Morgan fingerprint density at radius 2 is 1.89 bits per heavy atom. The molecule has 2 aromatic rings. The van der Waals surface area contributed by atoms with Gasteiger partial charge in [0.15, 0.2) is 0 Å². The summed E-state index contributed by atoms with van der Waals surface area (Å²) in [6.45, 7) is 0. The van der Waals surface area contributed by atoms with E-state index < -0.39 is 0 Å². The largest absolute Gasteiger partial charge is 0.313 e. The van der Waals surface area contributed by atoms with Crippen LogP contribution in [0.25, 0.3) is 0 Å². The Balaban J connectivity index is 2.23. The van der Waals surface area contributed by atoms with E-state index in [0.717, 1.165) is 5.56 Å². The fourth-order valence-corrected chi connectivity index (χ4v) is 2.19. The van der Waals surface area contributed by atoms with E-state index in [1.807, 2.05) is 37.4 Å². The Morgan fingerprint density at radius 1 is 1.17 bits per heavy atom. The zero-order chi connectivity index (χ0) is 13.0. The van der Waals surface area contributed by atoms with Gasteiger partial charge in [-0.05, 0) is 42.8 Å². The third-order valence-corrected chi connectivity index (χ3v) is 3.22. The lowest BCUT2D eigenvalue weighted by molar-refractivity contribution is 0.554. The molecule has 0 saturated carbocycles. The summed E-state index contributed by atoms with van der Waals surface area (Å²) in [6.07, 6.45) is 0.576. The molecule has 2 rings (SSSR count). The van der Waals surface area contributed by atoms with Crippen LogP contribution in [-0.4, -0.2) is 7.05 Å². The summed E-state index contributed by atoms with van der Waals surface area (Å²) in [5.74, 6) is -0.212. The molecule has 3 heteroatoms. The topological polar surface area (TPSA) is 12.0 Å². The molecule has 0 bridgehead atoms. The zero-order valence-corrected chi connectivity index (χ0v) is 10.9. The molecule has 0 radical (unpaired) electrons. The van der Waals surface area contributed by atoms with E-state index in [-0.39, 0.29) is 11.9 Å². The smallest absolute Gasteiger partial charge is 0.126 e. The Bertz CT molecular complexity index is 513. The van der Waals surface area contributed by atoms with Crippen molar-refractivity contribution in [1.82, 2.24) is 5.32 Å². The highest BCUT2D eigenvalue weighted by atomic mass is 35.5.